The average Bonchev–Trinajstić information content (AvgIpc) is 2.38. The van der Waals surface area contributed by atoms with Crippen molar-refractivity contribution in [3.63, 3.8) is 0 Å². The third kappa shape index (κ3) is 2.13. The second kappa shape index (κ2) is 4.95. The molecule has 18 heavy (non-hydrogen) atoms. The van der Waals surface area contributed by atoms with Crippen LogP contribution in [0.2, 0.25) is 0 Å². The van der Waals surface area contributed by atoms with Gasteiger partial charge in [-0.3, -0.25) is 0 Å². The zero-order valence-corrected chi connectivity index (χ0v) is 11.5. The topological polar surface area (TPSA) is 60.7 Å². The molecule has 1 fully saturated rings. The van der Waals surface area contributed by atoms with E-state index in [-0.39, 0.29) is 24.5 Å². The number of fused-ring (bicyclic) bond motifs is 1. The lowest BCUT2D eigenvalue weighted by molar-refractivity contribution is -0.109. The Balaban J connectivity index is 2.24. The van der Waals surface area contributed by atoms with E-state index in [1.54, 1.807) is 0 Å². The van der Waals surface area contributed by atoms with Crippen LogP contribution in [0.3, 0.4) is 0 Å². The highest BCUT2D eigenvalue weighted by atomic mass is 16.4. The highest BCUT2D eigenvalue weighted by molar-refractivity contribution is 5.22. The second-order valence-electron chi connectivity index (χ2n) is 6.50. The Morgan fingerprint density at radius 2 is 2.06 bits per heavy atom. The van der Waals surface area contributed by atoms with Gasteiger partial charge in [0.1, 0.15) is 5.60 Å². The van der Waals surface area contributed by atoms with Crippen LogP contribution in [0.15, 0.2) is 11.6 Å². The van der Waals surface area contributed by atoms with Gasteiger partial charge in [0.2, 0.25) is 0 Å². The predicted molar refractivity (Wildman–Crippen MR) is 71.1 cm³/mol. The van der Waals surface area contributed by atoms with Crippen LogP contribution in [0.5, 0.6) is 0 Å². The zero-order valence-electron chi connectivity index (χ0n) is 11.5. The summed E-state index contributed by atoms with van der Waals surface area (Å²) < 4.78 is 0. The number of hydrogen-bond acceptors (Lipinski definition) is 3. The third-order valence-electron chi connectivity index (χ3n) is 5.53. The summed E-state index contributed by atoms with van der Waals surface area (Å²) in [5, 5.41) is 29.0. The van der Waals surface area contributed by atoms with Crippen molar-refractivity contribution in [2.45, 2.75) is 51.6 Å². The third-order valence-corrected chi connectivity index (χ3v) is 5.53. The number of hydrogen-bond donors (Lipinski definition) is 3. The molecule has 0 spiro atoms. The summed E-state index contributed by atoms with van der Waals surface area (Å²) in [6.07, 6.45) is 7.56. The van der Waals surface area contributed by atoms with Crippen molar-refractivity contribution in [2.75, 3.05) is 13.2 Å². The van der Waals surface area contributed by atoms with Crippen molar-refractivity contribution in [1.82, 2.24) is 0 Å². The largest absolute Gasteiger partial charge is 0.393 e. The summed E-state index contributed by atoms with van der Waals surface area (Å²) in [5.41, 5.74) is 0.331. The van der Waals surface area contributed by atoms with Crippen LogP contribution >= 0.6 is 0 Å². The Kier molecular flexibility index (Phi) is 3.86. The fraction of sp³-hybridized carbons (Fsp3) is 0.867. The van der Waals surface area contributed by atoms with Gasteiger partial charge < -0.3 is 15.3 Å². The van der Waals surface area contributed by atoms with Crippen molar-refractivity contribution >= 4 is 0 Å². The molecule has 3 unspecified atom stereocenters. The van der Waals surface area contributed by atoms with Crippen molar-refractivity contribution in [3.05, 3.63) is 11.6 Å². The minimum absolute atomic E-state index is 0.0400. The lowest BCUT2D eigenvalue weighted by atomic mass is 9.57. The Labute approximate surface area is 110 Å². The Morgan fingerprint density at radius 1 is 1.39 bits per heavy atom. The van der Waals surface area contributed by atoms with E-state index >= 15 is 0 Å². The fourth-order valence-electron chi connectivity index (χ4n) is 3.78. The summed E-state index contributed by atoms with van der Waals surface area (Å²) in [6, 6.07) is 0. The maximum atomic E-state index is 10.3. The van der Waals surface area contributed by atoms with Gasteiger partial charge in [0.05, 0.1) is 13.2 Å². The number of allylic oxidation sites excluding steroid dienone is 2. The van der Waals surface area contributed by atoms with E-state index in [9.17, 15) is 15.3 Å². The molecule has 2 aliphatic carbocycles. The van der Waals surface area contributed by atoms with Gasteiger partial charge in [-0.05, 0) is 49.4 Å². The quantitative estimate of drug-likeness (QED) is 0.674. The summed E-state index contributed by atoms with van der Waals surface area (Å²) in [6.45, 7) is 3.85. The predicted octanol–water partition coefficient (Wildman–Crippen LogP) is 1.86. The van der Waals surface area contributed by atoms with Crippen molar-refractivity contribution in [2.24, 2.45) is 17.3 Å². The highest BCUT2D eigenvalue weighted by Gasteiger charge is 2.46. The molecular formula is C15H26O3. The van der Waals surface area contributed by atoms with Crippen LogP contribution < -0.4 is 0 Å². The maximum Gasteiger partial charge on any atom is 0.114 e. The molecule has 0 aromatic heterocycles. The van der Waals surface area contributed by atoms with Gasteiger partial charge in [0.15, 0.2) is 0 Å². The summed E-state index contributed by atoms with van der Waals surface area (Å²) in [5.74, 6) is 0.573. The average molecular weight is 254 g/mol. The molecule has 3 heteroatoms. The molecule has 0 aromatic carbocycles. The Bertz CT molecular complexity index is 333. The molecule has 104 valence electrons. The van der Waals surface area contributed by atoms with Gasteiger partial charge in [0.25, 0.3) is 0 Å². The van der Waals surface area contributed by atoms with Gasteiger partial charge in [-0.2, -0.15) is 0 Å². The molecule has 0 saturated heterocycles. The summed E-state index contributed by atoms with van der Waals surface area (Å²) in [7, 11) is 0. The number of aliphatic hydroxyl groups excluding tert-OH is 2. The monoisotopic (exact) mass is 254 g/mol. The van der Waals surface area contributed by atoms with E-state index in [2.05, 4.69) is 19.9 Å². The normalized spacial score (nSPS) is 37.1. The Morgan fingerprint density at radius 3 is 2.67 bits per heavy atom. The van der Waals surface area contributed by atoms with Crippen LogP contribution in [0, 0.1) is 17.3 Å². The van der Waals surface area contributed by atoms with E-state index in [1.165, 1.54) is 24.8 Å². The highest BCUT2D eigenvalue weighted by Crippen LogP contribution is 2.53. The van der Waals surface area contributed by atoms with Crippen LogP contribution in [0.1, 0.15) is 46.0 Å². The Hall–Kier alpha value is -0.380. The maximum absolute atomic E-state index is 10.3. The molecule has 0 aromatic rings. The molecule has 0 heterocycles. The molecule has 0 radical (unpaired) electrons. The number of rotatable bonds is 3. The first-order valence-corrected chi connectivity index (χ1v) is 7.10. The molecule has 2 aliphatic rings. The SMILES string of the molecule is CC1CCCC2=CCC(C(O)(CO)CO)CC21C. The first kappa shape index (κ1) is 14.0. The molecule has 0 amide bonds. The zero-order chi connectivity index (χ0) is 13.4. The molecule has 3 N–H and O–H groups in total. The smallest absolute Gasteiger partial charge is 0.114 e. The van der Waals surface area contributed by atoms with Crippen LogP contribution in [-0.4, -0.2) is 34.1 Å². The van der Waals surface area contributed by atoms with Crippen molar-refractivity contribution < 1.29 is 15.3 Å². The summed E-state index contributed by atoms with van der Waals surface area (Å²) in [4.78, 5) is 0. The van der Waals surface area contributed by atoms with Crippen molar-refractivity contribution in [3.8, 4) is 0 Å². The second-order valence-corrected chi connectivity index (χ2v) is 6.50. The van der Waals surface area contributed by atoms with Gasteiger partial charge >= 0.3 is 0 Å². The summed E-state index contributed by atoms with van der Waals surface area (Å²) >= 11 is 0. The number of aliphatic hydroxyl groups is 3. The van der Waals surface area contributed by atoms with Gasteiger partial charge in [-0.1, -0.05) is 25.5 Å². The van der Waals surface area contributed by atoms with Gasteiger partial charge in [0, 0.05) is 0 Å². The van der Waals surface area contributed by atoms with Crippen molar-refractivity contribution in [1.29, 1.82) is 0 Å². The minimum atomic E-state index is -1.33. The molecule has 0 aliphatic heterocycles. The standard InChI is InChI=1S/C15H26O3/c1-11-4-3-5-12-6-7-13(8-14(11,12)2)15(18,9-16)10-17/h6,11,13,16-18H,3-5,7-10H2,1-2H3. The molecule has 1 saturated carbocycles. The van der Waals surface area contributed by atoms with Crippen LogP contribution in [-0.2, 0) is 0 Å². The fourth-order valence-corrected chi connectivity index (χ4v) is 3.78. The van der Waals surface area contributed by atoms with E-state index < -0.39 is 5.60 Å². The van der Waals surface area contributed by atoms with E-state index in [1.807, 2.05) is 0 Å². The molecule has 3 nitrogen and oxygen atoms in total. The van der Waals surface area contributed by atoms with Gasteiger partial charge in [-0.25, -0.2) is 0 Å². The first-order chi connectivity index (χ1) is 8.46. The lowest BCUT2D eigenvalue weighted by Crippen LogP contribution is -2.49. The first-order valence-electron chi connectivity index (χ1n) is 7.10. The van der Waals surface area contributed by atoms with E-state index in [4.69, 9.17) is 0 Å². The minimum Gasteiger partial charge on any atom is -0.393 e. The van der Waals surface area contributed by atoms with E-state index in [0.29, 0.717) is 5.92 Å². The molecule has 0 bridgehead atoms. The van der Waals surface area contributed by atoms with E-state index in [0.717, 1.165) is 12.8 Å². The van der Waals surface area contributed by atoms with Crippen LogP contribution in [0.4, 0.5) is 0 Å². The molecule has 3 atom stereocenters. The molecule has 2 rings (SSSR count). The van der Waals surface area contributed by atoms with Gasteiger partial charge in [-0.15, -0.1) is 0 Å². The molecular weight excluding hydrogens is 228 g/mol. The lowest BCUT2D eigenvalue weighted by Gasteiger charge is -2.49. The van der Waals surface area contributed by atoms with Crippen LogP contribution in [0.25, 0.3) is 0 Å².